The van der Waals surface area contributed by atoms with Gasteiger partial charge in [-0.2, -0.15) is 0 Å². The van der Waals surface area contributed by atoms with E-state index in [4.69, 9.17) is 9.97 Å². The van der Waals surface area contributed by atoms with Gasteiger partial charge in [-0.1, -0.05) is 115 Å². The van der Waals surface area contributed by atoms with Gasteiger partial charge in [0.1, 0.15) is 0 Å². The molecule has 0 radical (unpaired) electrons. The Morgan fingerprint density at radius 2 is 1.11 bits per heavy atom. The molecule has 0 saturated heterocycles. The van der Waals surface area contributed by atoms with Crippen LogP contribution in [0.3, 0.4) is 0 Å². The van der Waals surface area contributed by atoms with Crippen LogP contribution in [0.25, 0.3) is 90.6 Å². The lowest BCUT2D eigenvalue weighted by Crippen LogP contribution is -2.00. The molecule has 0 aliphatic heterocycles. The van der Waals surface area contributed by atoms with Crippen molar-refractivity contribution in [3.05, 3.63) is 140 Å². The van der Waals surface area contributed by atoms with Crippen molar-refractivity contribution < 1.29 is 0 Å². The molecule has 0 fully saturated rings. The summed E-state index contributed by atoms with van der Waals surface area (Å²) < 4.78 is 7.41. The Labute approximate surface area is 266 Å². The molecule has 10 aromatic rings. The van der Waals surface area contributed by atoms with E-state index in [0.29, 0.717) is 0 Å². The highest BCUT2D eigenvalue weighted by atomic mass is 32.1. The van der Waals surface area contributed by atoms with E-state index in [1.54, 1.807) is 11.3 Å². The Bertz CT molecular complexity index is 2770. The predicted molar refractivity (Wildman–Crippen MR) is 193 cm³/mol. The van der Waals surface area contributed by atoms with Gasteiger partial charge in [0.05, 0.1) is 37.3 Å². The smallest absolute Gasteiger partial charge is 0.160 e. The summed E-state index contributed by atoms with van der Waals surface area (Å²) >= 11 is 3.65. The number of fused-ring (bicyclic) bond motifs is 10. The fourth-order valence-corrected chi connectivity index (χ4v) is 9.23. The summed E-state index contributed by atoms with van der Waals surface area (Å²) in [7, 11) is 0. The van der Waals surface area contributed by atoms with Gasteiger partial charge < -0.3 is 4.57 Å². The number of hydrogen-bond donors (Lipinski definition) is 0. The molecule has 0 N–H and O–H groups in total. The standard InChI is InChI=1S/C40H23N3S2/c1-2-12-24(13-3-1)40-41-35(39-36(42-40)30-17-7-11-21-34(30)45-39)29-16-5-9-19-32(29)43-31-18-8-4-14-25(31)27-22-23-28-26-15-6-10-20-33(26)44-38(28)37(27)43/h1-23H. The summed E-state index contributed by atoms with van der Waals surface area (Å²) in [6, 6.07) is 49.8. The molecular formula is C40H23N3S2. The minimum atomic E-state index is 0.741. The highest BCUT2D eigenvalue weighted by Gasteiger charge is 2.22. The second kappa shape index (κ2) is 9.57. The fourth-order valence-electron chi connectivity index (χ4n) is 6.84. The van der Waals surface area contributed by atoms with Gasteiger partial charge >= 0.3 is 0 Å². The van der Waals surface area contributed by atoms with Crippen LogP contribution in [0.1, 0.15) is 0 Å². The largest absolute Gasteiger partial charge is 0.307 e. The molecule has 45 heavy (non-hydrogen) atoms. The number of para-hydroxylation sites is 2. The number of nitrogens with zero attached hydrogens (tertiary/aromatic N) is 3. The molecule has 3 nitrogen and oxygen atoms in total. The monoisotopic (exact) mass is 609 g/mol. The maximum absolute atomic E-state index is 5.35. The molecule has 210 valence electrons. The van der Waals surface area contributed by atoms with Crippen LogP contribution in [-0.2, 0) is 0 Å². The molecule has 0 amide bonds. The first-order chi connectivity index (χ1) is 22.3. The molecule has 0 spiro atoms. The Hall–Kier alpha value is -5.36. The normalized spacial score (nSPS) is 12.0. The third kappa shape index (κ3) is 3.62. The number of benzene rings is 6. The molecule has 4 aromatic heterocycles. The maximum atomic E-state index is 5.35. The minimum Gasteiger partial charge on any atom is -0.307 e. The van der Waals surface area contributed by atoms with Crippen LogP contribution >= 0.6 is 22.7 Å². The van der Waals surface area contributed by atoms with Crippen LogP contribution in [-0.4, -0.2) is 14.5 Å². The highest BCUT2D eigenvalue weighted by molar-refractivity contribution is 7.27. The Balaban J connectivity index is 1.36. The Morgan fingerprint density at radius 1 is 0.467 bits per heavy atom. The van der Waals surface area contributed by atoms with E-state index in [9.17, 15) is 0 Å². The van der Waals surface area contributed by atoms with Crippen molar-refractivity contribution >= 4 is 85.0 Å². The van der Waals surface area contributed by atoms with Gasteiger partial charge in [0.2, 0.25) is 0 Å². The van der Waals surface area contributed by atoms with E-state index in [-0.39, 0.29) is 0 Å². The van der Waals surface area contributed by atoms with Crippen LogP contribution < -0.4 is 0 Å². The van der Waals surface area contributed by atoms with E-state index in [1.165, 1.54) is 52.1 Å². The number of rotatable bonds is 3. The molecule has 0 aliphatic carbocycles. The molecule has 0 unspecified atom stereocenters. The lowest BCUT2D eigenvalue weighted by molar-refractivity contribution is 1.17. The third-order valence-corrected chi connectivity index (χ3v) is 11.2. The number of aromatic nitrogens is 3. The summed E-state index contributed by atoms with van der Waals surface area (Å²) in [6.07, 6.45) is 0. The Kier molecular flexibility index (Phi) is 5.32. The van der Waals surface area contributed by atoms with Gasteiger partial charge in [-0.25, -0.2) is 9.97 Å². The first-order valence-corrected chi connectivity index (χ1v) is 16.6. The average Bonchev–Trinajstić information content (AvgIpc) is 3.78. The average molecular weight is 610 g/mol. The maximum Gasteiger partial charge on any atom is 0.160 e. The van der Waals surface area contributed by atoms with Crippen molar-refractivity contribution in [1.29, 1.82) is 0 Å². The minimum absolute atomic E-state index is 0.741. The Morgan fingerprint density at radius 3 is 1.98 bits per heavy atom. The molecule has 5 heteroatoms. The zero-order valence-corrected chi connectivity index (χ0v) is 25.6. The van der Waals surface area contributed by atoms with Gasteiger partial charge in [-0.15, -0.1) is 22.7 Å². The molecule has 10 rings (SSSR count). The molecule has 0 aliphatic rings. The molecule has 4 heterocycles. The van der Waals surface area contributed by atoms with Crippen LogP contribution in [0.2, 0.25) is 0 Å². The van der Waals surface area contributed by atoms with Gasteiger partial charge in [-0.05, 0) is 24.3 Å². The SMILES string of the molecule is c1ccc(-c2nc(-c3ccccc3-n3c4ccccc4c4ccc5c6ccccc6sc5c43)c3sc4ccccc4c3n2)cc1. The van der Waals surface area contributed by atoms with E-state index in [1.807, 2.05) is 17.4 Å². The van der Waals surface area contributed by atoms with Crippen molar-refractivity contribution in [2.24, 2.45) is 0 Å². The third-order valence-electron chi connectivity index (χ3n) is 8.83. The highest BCUT2D eigenvalue weighted by Crippen LogP contribution is 2.46. The second-order valence-electron chi connectivity index (χ2n) is 11.3. The van der Waals surface area contributed by atoms with Crippen LogP contribution in [0, 0.1) is 0 Å². The second-order valence-corrected chi connectivity index (χ2v) is 13.4. The molecule has 0 atom stereocenters. The molecule has 6 aromatic carbocycles. The lowest BCUT2D eigenvalue weighted by atomic mass is 10.1. The van der Waals surface area contributed by atoms with Gasteiger partial charge in [0.15, 0.2) is 5.82 Å². The van der Waals surface area contributed by atoms with Crippen LogP contribution in [0.15, 0.2) is 140 Å². The quantitative estimate of drug-likeness (QED) is 0.199. The first kappa shape index (κ1) is 25.0. The van der Waals surface area contributed by atoms with E-state index in [2.05, 4.69) is 138 Å². The van der Waals surface area contributed by atoms with Gasteiger partial charge in [0.25, 0.3) is 0 Å². The zero-order valence-electron chi connectivity index (χ0n) is 23.9. The topological polar surface area (TPSA) is 30.7 Å². The van der Waals surface area contributed by atoms with E-state index < -0.39 is 0 Å². The van der Waals surface area contributed by atoms with Crippen LogP contribution in [0.5, 0.6) is 0 Å². The first-order valence-electron chi connectivity index (χ1n) is 15.0. The molecular weight excluding hydrogens is 587 g/mol. The van der Waals surface area contributed by atoms with Crippen molar-refractivity contribution in [3.63, 3.8) is 0 Å². The van der Waals surface area contributed by atoms with Crippen molar-refractivity contribution in [1.82, 2.24) is 14.5 Å². The van der Waals surface area contributed by atoms with Gasteiger partial charge in [-0.3, -0.25) is 0 Å². The van der Waals surface area contributed by atoms with Gasteiger partial charge in [0, 0.05) is 47.5 Å². The van der Waals surface area contributed by atoms with E-state index >= 15 is 0 Å². The van der Waals surface area contributed by atoms with Crippen LogP contribution in [0.4, 0.5) is 0 Å². The summed E-state index contributed by atoms with van der Waals surface area (Å²) in [6.45, 7) is 0. The number of hydrogen-bond acceptors (Lipinski definition) is 4. The fraction of sp³-hybridized carbons (Fsp3) is 0. The lowest BCUT2D eigenvalue weighted by Gasteiger charge is -2.15. The summed E-state index contributed by atoms with van der Waals surface area (Å²) in [5.41, 5.74) is 7.62. The van der Waals surface area contributed by atoms with Crippen molar-refractivity contribution in [2.75, 3.05) is 0 Å². The van der Waals surface area contributed by atoms with Crippen molar-refractivity contribution in [3.8, 4) is 28.3 Å². The summed E-state index contributed by atoms with van der Waals surface area (Å²) in [5, 5.41) is 6.28. The van der Waals surface area contributed by atoms with Crippen molar-refractivity contribution in [2.45, 2.75) is 0 Å². The summed E-state index contributed by atoms with van der Waals surface area (Å²) in [4.78, 5) is 10.5. The zero-order chi connectivity index (χ0) is 29.5. The number of thiophene rings is 2. The predicted octanol–water partition coefficient (Wildman–Crippen LogP) is 11.6. The summed E-state index contributed by atoms with van der Waals surface area (Å²) in [5.74, 6) is 0.741. The molecule has 0 saturated carbocycles. The van der Waals surface area contributed by atoms with E-state index in [0.717, 1.165) is 38.5 Å². The molecule has 0 bridgehead atoms.